The molecule has 144 valence electrons. The van der Waals surface area contributed by atoms with Gasteiger partial charge in [0, 0.05) is 24.0 Å². The zero-order valence-electron chi connectivity index (χ0n) is 15.9. The summed E-state index contributed by atoms with van der Waals surface area (Å²) >= 11 is 0. The first-order valence-corrected chi connectivity index (χ1v) is 9.12. The highest BCUT2D eigenvalue weighted by Gasteiger charge is 2.12. The van der Waals surface area contributed by atoms with Crippen LogP contribution in [0.1, 0.15) is 40.7 Å². The molecule has 0 aliphatic carbocycles. The molecule has 0 spiro atoms. The maximum Gasteiger partial charge on any atom is 0.269 e. The monoisotopic (exact) mass is 378 g/mol. The molecule has 7 heteroatoms. The van der Waals surface area contributed by atoms with Gasteiger partial charge in [0.15, 0.2) is 0 Å². The van der Waals surface area contributed by atoms with Crippen molar-refractivity contribution in [2.45, 2.75) is 33.1 Å². The van der Waals surface area contributed by atoms with E-state index >= 15 is 0 Å². The topological polar surface area (TPSA) is 97.1 Å². The Morgan fingerprint density at radius 1 is 0.964 bits per heavy atom. The fourth-order valence-electron chi connectivity index (χ4n) is 2.54. The minimum absolute atomic E-state index is 0.116. The van der Waals surface area contributed by atoms with Gasteiger partial charge in [-0.2, -0.15) is 0 Å². The molecule has 0 aliphatic rings. The zero-order valence-corrected chi connectivity index (χ0v) is 15.9. The second kappa shape index (κ2) is 8.94. The lowest BCUT2D eigenvalue weighted by Crippen LogP contribution is -2.41. The van der Waals surface area contributed by atoms with Crippen molar-refractivity contribution < 1.29 is 14.0 Å². The Hall–Kier alpha value is -3.48. The first-order valence-electron chi connectivity index (χ1n) is 9.12. The van der Waals surface area contributed by atoms with Crippen molar-refractivity contribution in [3.8, 4) is 11.5 Å². The highest BCUT2D eigenvalue weighted by atomic mass is 16.4. The minimum atomic E-state index is -0.365. The molecular formula is C21H22N4O3. The number of rotatable bonds is 6. The van der Waals surface area contributed by atoms with E-state index in [0.717, 1.165) is 23.1 Å². The van der Waals surface area contributed by atoms with Crippen molar-refractivity contribution in [1.82, 2.24) is 21.0 Å². The molecule has 0 unspecified atom stereocenters. The third-order valence-corrected chi connectivity index (χ3v) is 4.27. The maximum absolute atomic E-state index is 12.0. The highest BCUT2D eigenvalue weighted by Crippen LogP contribution is 2.18. The predicted molar refractivity (Wildman–Crippen MR) is 104 cm³/mol. The van der Waals surface area contributed by atoms with E-state index in [1.807, 2.05) is 50.2 Å². The van der Waals surface area contributed by atoms with E-state index in [1.165, 1.54) is 0 Å². The number of hydrogen-bond donors (Lipinski definition) is 2. The van der Waals surface area contributed by atoms with Crippen molar-refractivity contribution >= 4 is 11.8 Å². The third-order valence-electron chi connectivity index (χ3n) is 4.27. The van der Waals surface area contributed by atoms with Crippen LogP contribution in [0.3, 0.4) is 0 Å². The summed E-state index contributed by atoms with van der Waals surface area (Å²) in [6.07, 6.45) is 1.30. The van der Waals surface area contributed by atoms with Gasteiger partial charge < -0.3 is 4.42 Å². The van der Waals surface area contributed by atoms with Crippen LogP contribution in [0.15, 0.2) is 52.9 Å². The molecule has 2 aromatic carbocycles. The fraction of sp³-hybridized carbons (Fsp3) is 0.238. The van der Waals surface area contributed by atoms with Crippen molar-refractivity contribution in [1.29, 1.82) is 0 Å². The van der Waals surface area contributed by atoms with Crippen molar-refractivity contribution in [3.05, 3.63) is 71.1 Å². The molecule has 28 heavy (non-hydrogen) atoms. The summed E-state index contributed by atoms with van der Waals surface area (Å²) in [7, 11) is 0. The number of hydrogen-bond acceptors (Lipinski definition) is 5. The summed E-state index contributed by atoms with van der Waals surface area (Å²) in [6.45, 7) is 4.04. The summed E-state index contributed by atoms with van der Waals surface area (Å²) in [5.41, 5.74) is 8.40. The van der Waals surface area contributed by atoms with Crippen molar-refractivity contribution in [3.63, 3.8) is 0 Å². The smallest absolute Gasteiger partial charge is 0.269 e. The van der Waals surface area contributed by atoms with Gasteiger partial charge in [0.05, 0.1) is 0 Å². The second-order valence-corrected chi connectivity index (χ2v) is 6.42. The Labute approximate surface area is 163 Å². The van der Waals surface area contributed by atoms with Gasteiger partial charge in [-0.3, -0.25) is 20.4 Å². The van der Waals surface area contributed by atoms with Gasteiger partial charge >= 0.3 is 0 Å². The molecule has 7 nitrogen and oxygen atoms in total. The summed E-state index contributed by atoms with van der Waals surface area (Å²) in [5.74, 6) is 0.0792. The molecule has 0 saturated heterocycles. The van der Waals surface area contributed by atoms with Gasteiger partial charge in [0.25, 0.3) is 5.91 Å². The van der Waals surface area contributed by atoms with Gasteiger partial charge in [-0.15, -0.1) is 10.2 Å². The molecule has 1 aromatic heterocycles. The number of benzene rings is 2. The molecule has 1 heterocycles. The van der Waals surface area contributed by atoms with E-state index in [0.29, 0.717) is 17.3 Å². The van der Waals surface area contributed by atoms with Gasteiger partial charge in [-0.1, -0.05) is 36.8 Å². The van der Waals surface area contributed by atoms with Crippen LogP contribution < -0.4 is 10.9 Å². The summed E-state index contributed by atoms with van der Waals surface area (Å²) in [6, 6.07) is 15.0. The number of nitrogens with zero attached hydrogens (tertiary/aromatic N) is 2. The Morgan fingerprint density at radius 2 is 1.68 bits per heavy atom. The first kappa shape index (κ1) is 19.3. The Kier molecular flexibility index (Phi) is 6.16. The molecule has 3 aromatic rings. The number of aromatic nitrogens is 2. The fourth-order valence-corrected chi connectivity index (χ4v) is 2.54. The number of amides is 2. The van der Waals surface area contributed by atoms with Crippen molar-refractivity contribution in [2.75, 3.05) is 0 Å². The van der Waals surface area contributed by atoms with Crippen LogP contribution in [0.25, 0.3) is 11.5 Å². The molecular weight excluding hydrogens is 356 g/mol. The zero-order chi connectivity index (χ0) is 19.9. The van der Waals surface area contributed by atoms with Gasteiger partial charge in [0.1, 0.15) is 0 Å². The van der Waals surface area contributed by atoms with Crippen LogP contribution in [0.2, 0.25) is 0 Å². The molecule has 0 radical (unpaired) electrons. The number of aryl methyl sites for hydroxylation is 3. The van der Waals surface area contributed by atoms with E-state index in [1.54, 1.807) is 12.1 Å². The molecule has 0 bridgehead atoms. The van der Waals surface area contributed by atoms with E-state index in [9.17, 15) is 9.59 Å². The summed E-state index contributed by atoms with van der Waals surface area (Å²) < 4.78 is 5.59. The Balaban J connectivity index is 1.46. The highest BCUT2D eigenvalue weighted by molar-refractivity contribution is 5.95. The third kappa shape index (κ3) is 5.03. The summed E-state index contributed by atoms with van der Waals surface area (Å²) in [4.78, 5) is 24.0. The molecule has 2 amide bonds. The Bertz CT molecular complexity index is 947. The maximum atomic E-state index is 12.0. The van der Waals surface area contributed by atoms with Crippen LogP contribution in [-0.4, -0.2) is 22.0 Å². The Morgan fingerprint density at radius 3 is 2.36 bits per heavy atom. The average Bonchev–Trinajstić information content (AvgIpc) is 3.20. The van der Waals surface area contributed by atoms with Crippen LogP contribution in [0.5, 0.6) is 0 Å². The van der Waals surface area contributed by atoms with Crippen LogP contribution in [0.4, 0.5) is 0 Å². The van der Waals surface area contributed by atoms with Crippen LogP contribution in [-0.2, 0) is 17.6 Å². The molecule has 0 atom stereocenters. The number of nitrogens with one attached hydrogen (secondary N) is 2. The number of carbonyl (C=O) groups is 2. The van der Waals surface area contributed by atoms with Crippen molar-refractivity contribution in [2.24, 2.45) is 0 Å². The lowest BCUT2D eigenvalue weighted by atomic mass is 10.1. The van der Waals surface area contributed by atoms with E-state index in [-0.39, 0.29) is 24.7 Å². The number of carbonyl (C=O) groups excluding carboxylic acids is 2. The molecule has 0 aliphatic heterocycles. The normalized spacial score (nSPS) is 10.5. The van der Waals surface area contributed by atoms with Gasteiger partial charge in [-0.05, 0) is 43.2 Å². The number of hydrazine groups is 1. The average molecular weight is 378 g/mol. The van der Waals surface area contributed by atoms with E-state index in [2.05, 4.69) is 21.0 Å². The SMILES string of the molecule is CCc1ccc(C(=O)NNC(=O)CCc2nnc(-c3ccc(C)cc3)o2)cc1. The largest absolute Gasteiger partial charge is 0.421 e. The predicted octanol–water partition coefficient (Wildman–Crippen LogP) is 3.00. The molecule has 2 N–H and O–H groups in total. The summed E-state index contributed by atoms with van der Waals surface area (Å²) in [5, 5.41) is 7.97. The van der Waals surface area contributed by atoms with Crippen LogP contribution in [0, 0.1) is 6.92 Å². The van der Waals surface area contributed by atoms with Crippen LogP contribution >= 0.6 is 0 Å². The lowest BCUT2D eigenvalue weighted by Gasteiger charge is -2.07. The first-order chi connectivity index (χ1) is 13.5. The van der Waals surface area contributed by atoms with Gasteiger partial charge in [0.2, 0.25) is 17.7 Å². The molecule has 0 fully saturated rings. The van der Waals surface area contributed by atoms with Gasteiger partial charge in [-0.25, -0.2) is 0 Å². The standard InChI is InChI=1S/C21H22N4O3/c1-3-15-6-10-16(11-7-15)20(27)24-22-18(26)12-13-19-23-25-21(28-19)17-8-4-14(2)5-9-17/h4-11H,3,12-13H2,1-2H3,(H,22,26)(H,24,27). The minimum Gasteiger partial charge on any atom is -0.421 e. The lowest BCUT2D eigenvalue weighted by molar-refractivity contribution is -0.121. The second-order valence-electron chi connectivity index (χ2n) is 6.42. The quantitative estimate of drug-likeness (QED) is 0.643. The van der Waals surface area contributed by atoms with E-state index < -0.39 is 0 Å². The van der Waals surface area contributed by atoms with E-state index in [4.69, 9.17) is 4.42 Å². The molecule has 0 saturated carbocycles. The molecule has 3 rings (SSSR count).